The summed E-state index contributed by atoms with van der Waals surface area (Å²) in [5.74, 6) is 0.501. The van der Waals surface area contributed by atoms with Gasteiger partial charge in [0.1, 0.15) is 5.82 Å². The first-order chi connectivity index (χ1) is 8.63. The van der Waals surface area contributed by atoms with E-state index in [1.54, 1.807) is 6.07 Å². The summed E-state index contributed by atoms with van der Waals surface area (Å²) in [6, 6.07) is 4.75. The normalized spacial score (nSPS) is 17.2. The smallest absolute Gasteiger partial charge is 0.125 e. The van der Waals surface area contributed by atoms with Crippen molar-refractivity contribution in [2.24, 2.45) is 11.7 Å². The summed E-state index contributed by atoms with van der Waals surface area (Å²) in [7, 11) is 0. The Hall–Kier alpha value is -0.640. The topological polar surface area (TPSA) is 29.3 Å². The quantitative estimate of drug-likeness (QED) is 0.860. The summed E-state index contributed by atoms with van der Waals surface area (Å²) in [5.41, 5.74) is 6.75. The number of nitrogens with zero attached hydrogens (tertiary/aromatic N) is 1. The van der Waals surface area contributed by atoms with Crippen molar-refractivity contribution in [1.82, 2.24) is 4.90 Å². The molecule has 1 unspecified atom stereocenters. The third-order valence-electron chi connectivity index (χ3n) is 3.53. The number of hydrogen-bond acceptors (Lipinski definition) is 2. The van der Waals surface area contributed by atoms with Gasteiger partial charge in [-0.1, -0.05) is 18.5 Å². The van der Waals surface area contributed by atoms with Crippen molar-refractivity contribution in [3.05, 3.63) is 34.6 Å². The van der Waals surface area contributed by atoms with Crippen LogP contribution in [0, 0.1) is 11.7 Å². The molecule has 0 aromatic heterocycles. The van der Waals surface area contributed by atoms with E-state index in [1.165, 1.54) is 18.9 Å². The number of halogens is 2. The Morgan fingerprint density at radius 1 is 1.44 bits per heavy atom. The van der Waals surface area contributed by atoms with Crippen molar-refractivity contribution in [3.8, 4) is 0 Å². The molecule has 100 valence electrons. The van der Waals surface area contributed by atoms with Crippen molar-refractivity contribution in [1.29, 1.82) is 0 Å². The van der Waals surface area contributed by atoms with Gasteiger partial charge < -0.3 is 5.73 Å². The second kappa shape index (κ2) is 6.00. The summed E-state index contributed by atoms with van der Waals surface area (Å²) in [5, 5.41) is 0.436. The zero-order valence-corrected chi connectivity index (χ0v) is 11.5. The van der Waals surface area contributed by atoms with Gasteiger partial charge in [0.15, 0.2) is 0 Å². The van der Waals surface area contributed by atoms with E-state index < -0.39 is 0 Å². The fourth-order valence-corrected chi connectivity index (χ4v) is 2.60. The number of rotatable bonds is 6. The fourth-order valence-electron chi connectivity index (χ4n) is 2.37. The lowest BCUT2D eigenvalue weighted by atomic mass is 10.0. The highest BCUT2D eigenvalue weighted by Crippen LogP contribution is 2.33. The third kappa shape index (κ3) is 3.44. The molecular formula is C14H20ClFN2. The summed E-state index contributed by atoms with van der Waals surface area (Å²) < 4.78 is 13.4. The molecular weight excluding hydrogens is 251 g/mol. The van der Waals surface area contributed by atoms with Gasteiger partial charge in [-0.3, -0.25) is 4.90 Å². The molecule has 2 rings (SSSR count). The highest BCUT2D eigenvalue weighted by atomic mass is 35.5. The molecule has 0 bridgehead atoms. The minimum Gasteiger partial charge on any atom is -0.329 e. The average molecular weight is 271 g/mol. The number of likely N-dealkylation sites (N-methyl/N-ethyl adjacent to an activating group) is 1. The van der Waals surface area contributed by atoms with Crippen LogP contribution in [0.1, 0.15) is 31.4 Å². The SMILES string of the molecule is CCN(CC1CC1)C(CN)c1cc(F)cc(Cl)c1. The maximum atomic E-state index is 13.4. The molecule has 1 aromatic carbocycles. The van der Waals surface area contributed by atoms with Crippen molar-refractivity contribution < 1.29 is 4.39 Å². The summed E-state index contributed by atoms with van der Waals surface area (Å²) in [4.78, 5) is 2.32. The van der Waals surface area contributed by atoms with Crippen LogP contribution in [0.2, 0.25) is 5.02 Å². The van der Waals surface area contributed by atoms with Crippen molar-refractivity contribution in [2.45, 2.75) is 25.8 Å². The van der Waals surface area contributed by atoms with Crippen LogP contribution in [-0.2, 0) is 0 Å². The fraction of sp³-hybridized carbons (Fsp3) is 0.571. The van der Waals surface area contributed by atoms with E-state index in [-0.39, 0.29) is 11.9 Å². The Morgan fingerprint density at radius 2 is 2.17 bits per heavy atom. The van der Waals surface area contributed by atoms with Crippen LogP contribution >= 0.6 is 11.6 Å². The second-order valence-electron chi connectivity index (χ2n) is 4.99. The van der Waals surface area contributed by atoms with Crippen LogP contribution in [0.4, 0.5) is 4.39 Å². The first-order valence-electron chi connectivity index (χ1n) is 6.54. The van der Waals surface area contributed by atoms with Crippen LogP contribution in [0.5, 0.6) is 0 Å². The Balaban J connectivity index is 2.18. The molecule has 1 saturated carbocycles. The summed E-state index contributed by atoms with van der Waals surface area (Å²) in [6.45, 7) is 4.57. The Labute approximate surface area is 113 Å². The van der Waals surface area contributed by atoms with Gasteiger partial charge in [-0.15, -0.1) is 0 Å². The highest BCUT2D eigenvalue weighted by Gasteiger charge is 2.27. The van der Waals surface area contributed by atoms with E-state index in [0.717, 1.165) is 24.6 Å². The van der Waals surface area contributed by atoms with E-state index in [0.29, 0.717) is 11.6 Å². The Bertz CT molecular complexity index is 387. The zero-order chi connectivity index (χ0) is 13.1. The van der Waals surface area contributed by atoms with E-state index in [2.05, 4.69) is 11.8 Å². The van der Waals surface area contributed by atoms with Gasteiger partial charge in [0.25, 0.3) is 0 Å². The Morgan fingerprint density at radius 3 is 2.67 bits per heavy atom. The minimum atomic E-state index is -0.293. The average Bonchev–Trinajstić information content (AvgIpc) is 3.11. The molecule has 0 radical (unpaired) electrons. The number of hydrogen-bond donors (Lipinski definition) is 1. The maximum Gasteiger partial charge on any atom is 0.125 e. The molecule has 1 aromatic rings. The highest BCUT2D eigenvalue weighted by molar-refractivity contribution is 6.30. The van der Waals surface area contributed by atoms with Crippen LogP contribution in [0.3, 0.4) is 0 Å². The third-order valence-corrected chi connectivity index (χ3v) is 3.75. The Kier molecular flexibility index (Phi) is 4.60. The van der Waals surface area contributed by atoms with Crippen molar-refractivity contribution >= 4 is 11.6 Å². The van der Waals surface area contributed by atoms with Gasteiger partial charge in [0.05, 0.1) is 0 Å². The number of nitrogens with two attached hydrogens (primary N) is 1. The monoisotopic (exact) mass is 270 g/mol. The molecule has 0 aliphatic heterocycles. The molecule has 2 N–H and O–H groups in total. The molecule has 1 aliphatic rings. The summed E-state index contributed by atoms with van der Waals surface area (Å²) in [6.07, 6.45) is 2.61. The van der Waals surface area contributed by atoms with Gasteiger partial charge in [0, 0.05) is 24.2 Å². The van der Waals surface area contributed by atoms with Gasteiger partial charge in [-0.25, -0.2) is 4.39 Å². The maximum absolute atomic E-state index is 13.4. The zero-order valence-electron chi connectivity index (χ0n) is 10.7. The first kappa shape index (κ1) is 13.8. The molecule has 18 heavy (non-hydrogen) atoms. The molecule has 1 aliphatic carbocycles. The molecule has 1 atom stereocenters. The molecule has 0 saturated heterocycles. The largest absolute Gasteiger partial charge is 0.329 e. The van der Waals surface area contributed by atoms with Gasteiger partial charge in [-0.05, 0) is 49.1 Å². The molecule has 0 amide bonds. The molecule has 0 heterocycles. The number of benzene rings is 1. The van der Waals surface area contributed by atoms with Crippen LogP contribution in [0.15, 0.2) is 18.2 Å². The minimum absolute atomic E-state index is 0.0591. The van der Waals surface area contributed by atoms with E-state index in [4.69, 9.17) is 17.3 Å². The van der Waals surface area contributed by atoms with Gasteiger partial charge in [-0.2, -0.15) is 0 Å². The second-order valence-corrected chi connectivity index (χ2v) is 5.42. The molecule has 1 fully saturated rings. The first-order valence-corrected chi connectivity index (χ1v) is 6.92. The van der Waals surface area contributed by atoms with Crippen LogP contribution in [0.25, 0.3) is 0 Å². The van der Waals surface area contributed by atoms with Crippen LogP contribution in [-0.4, -0.2) is 24.5 Å². The predicted octanol–water partition coefficient (Wildman–Crippen LogP) is 3.21. The van der Waals surface area contributed by atoms with E-state index in [9.17, 15) is 4.39 Å². The van der Waals surface area contributed by atoms with E-state index >= 15 is 0 Å². The predicted molar refractivity (Wildman–Crippen MR) is 73.2 cm³/mol. The molecule has 2 nitrogen and oxygen atoms in total. The van der Waals surface area contributed by atoms with Gasteiger partial charge in [0.2, 0.25) is 0 Å². The summed E-state index contributed by atoms with van der Waals surface area (Å²) >= 11 is 5.92. The lowest BCUT2D eigenvalue weighted by Gasteiger charge is -2.30. The standard InChI is InChI=1S/C14H20ClFN2/c1-2-18(9-10-3-4-10)14(8-17)11-5-12(15)7-13(16)6-11/h5-7,10,14H,2-4,8-9,17H2,1H3. The molecule has 4 heteroatoms. The van der Waals surface area contributed by atoms with E-state index in [1.807, 2.05) is 6.07 Å². The van der Waals surface area contributed by atoms with Crippen LogP contribution < -0.4 is 5.73 Å². The van der Waals surface area contributed by atoms with Gasteiger partial charge >= 0.3 is 0 Å². The lowest BCUT2D eigenvalue weighted by molar-refractivity contribution is 0.203. The molecule has 0 spiro atoms. The van der Waals surface area contributed by atoms with Crippen molar-refractivity contribution in [3.63, 3.8) is 0 Å². The van der Waals surface area contributed by atoms with Crippen molar-refractivity contribution in [2.75, 3.05) is 19.6 Å². The lowest BCUT2D eigenvalue weighted by Crippen LogP contribution is -2.35.